The largest absolute Gasteiger partial charge is 0.344 e. The van der Waals surface area contributed by atoms with E-state index in [-0.39, 0.29) is 11.8 Å². The van der Waals surface area contributed by atoms with E-state index < -0.39 is 11.5 Å². The van der Waals surface area contributed by atoms with Crippen molar-refractivity contribution in [1.82, 2.24) is 10.2 Å². The molecule has 2 amide bonds. The van der Waals surface area contributed by atoms with Crippen LogP contribution in [-0.2, 0) is 9.59 Å². The highest BCUT2D eigenvalue weighted by atomic mass is 16.2. The van der Waals surface area contributed by atoms with Crippen LogP contribution in [0.4, 0.5) is 0 Å². The molecule has 1 unspecified atom stereocenters. The lowest BCUT2D eigenvalue weighted by molar-refractivity contribution is -0.139. The van der Waals surface area contributed by atoms with Gasteiger partial charge in [-0.05, 0) is 33.6 Å². The van der Waals surface area contributed by atoms with Crippen molar-refractivity contribution in [2.75, 3.05) is 19.6 Å². The van der Waals surface area contributed by atoms with Gasteiger partial charge in [-0.25, -0.2) is 0 Å². The zero-order valence-electron chi connectivity index (χ0n) is 13.8. The van der Waals surface area contributed by atoms with Crippen LogP contribution in [0.3, 0.4) is 0 Å². The summed E-state index contributed by atoms with van der Waals surface area (Å²) < 4.78 is 0. The lowest BCUT2D eigenvalue weighted by Crippen LogP contribution is -2.53. The second kappa shape index (κ2) is 8.37. The molecule has 0 heterocycles. The van der Waals surface area contributed by atoms with Gasteiger partial charge in [0, 0.05) is 19.6 Å². The summed E-state index contributed by atoms with van der Waals surface area (Å²) in [6, 6.07) is -0.482. The Labute approximate surface area is 128 Å². The molecule has 1 fully saturated rings. The molecule has 122 valence electrons. The van der Waals surface area contributed by atoms with Crippen LogP contribution < -0.4 is 11.1 Å². The van der Waals surface area contributed by atoms with Crippen LogP contribution >= 0.6 is 0 Å². The molecule has 0 aromatic heterocycles. The Morgan fingerprint density at radius 1 is 1.14 bits per heavy atom. The van der Waals surface area contributed by atoms with Gasteiger partial charge in [-0.15, -0.1) is 0 Å². The fourth-order valence-electron chi connectivity index (χ4n) is 3.15. The summed E-state index contributed by atoms with van der Waals surface area (Å²) >= 11 is 0. The van der Waals surface area contributed by atoms with E-state index in [1.54, 1.807) is 11.8 Å². The molecular weight excluding hydrogens is 266 g/mol. The first-order chi connectivity index (χ1) is 10.0. The Balaban J connectivity index is 2.70. The summed E-state index contributed by atoms with van der Waals surface area (Å²) in [6.07, 6.45) is 6.10. The fraction of sp³-hybridized carbons (Fsp3) is 0.875. The number of likely N-dealkylation sites (N-methyl/N-ethyl adjacent to an activating group) is 1. The minimum atomic E-state index is -0.482. The van der Waals surface area contributed by atoms with Crippen molar-refractivity contribution in [3.05, 3.63) is 0 Å². The van der Waals surface area contributed by atoms with E-state index in [4.69, 9.17) is 5.73 Å². The lowest BCUT2D eigenvalue weighted by atomic mass is 9.79. The van der Waals surface area contributed by atoms with Crippen LogP contribution in [0.2, 0.25) is 0 Å². The summed E-state index contributed by atoms with van der Waals surface area (Å²) in [6.45, 7) is 7.35. The molecule has 1 rings (SSSR count). The molecule has 0 aromatic carbocycles. The Morgan fingerprint density at radius 3 is 2.10 bits per heavy atom. The maximum absolute atomic E-state index is 12.7. The van der Waals surface area contributed by atoms with Crippen molar-refractivity contribution in [3.63, 3.8) is 0 Å². The Kier molecular flexibility index (Phi) is 7.15. The van der Waals surface area contributed by atoms with E-state index >= 15 is 0 Å². The number of hydrogen-bond donors (Lipinski definition) is 2. The summed E-state index contributed by atoms with van der Waals surface area (Å²) in [4.78, 5) is 26.7. The van der Waals surface area contributed by atoms with Gasteiger partial charge in [-0.3, -0.25) is 9.59 Å². The first-order valence-electron chi connectivity index (χ1n) is 8.30. The SMILES string of the molecule is CCN(CC)C(=O)C(C)NC(=O)C1(CN)CCCCCC1. The average molecular weight is 297 g/mol. The Bertz CT molecular complexity index is 345. The third kappa shape index (κ3) is 4.43. The molecule has 1 aliphatic carbocycles. The monoisotopic (exact) mass is 297 g/mol. The van der Waals surface area contributed by atoms with E-state index in [9.17, 15) is 9.59 Å². The summed E-state index contributed by atoms with van der Waals surface area (Å²) in [5, 5.41) is 2.91. The number of amides is 2. The predicted molar refractivity (Wildman–Crippen MR) is 84.7 cm³/mol. The molecule has 1 saturated carbocycles. The number of hydrogen-bond acceptors (Lipinski definition) is 3. The number of nitrogens with zero attached hydrogens (tertiary/aromatic N) is 1. The first kappa shape index (κ1) is 18.0. The van der Waals surface area contributed by atoms with Gasteiger partial charge in [-0.2, -0.15) is 0 Å². The number of carbonyl (C=O) groups is 2. The molecule has 0 aliphatic heterocycles. The standard InChI is InChI=1S/C16H31N3O2/c1-4-19(5-2)14(20)13(3)18-15(21)16(12-17)10-8-6-7-9-11-16/h13H,4-12,17H2,1-3H3,(H,18,21). The van der Waals surface area contributed by atoms with Gasteiger partial charge in [0.25, 0.3) is 0 Å². The van der Waals surface area contributed by atoms with E-state index in [2.05, 4.69) is 5.32 Å². The van der Waals surface area contributed by atoms with Crippen LogP contribution in [0.5, 0.6) is 0 Å². The normalized spacial score (nSPS) is 19.4. The van der Waals surface area contributed by atoms with Gasteiger partial charge < -0.3 is 16.0 Å². The molecule has 0 bridgehead atoms. The maximum Gasteiger partial charge on any atom is 0.244 e. The van der Waals surface area contributed by atoms with Crippen LogP contribution in [-0.4, -0.2) is 42.4 Å². The highest BCUT2D eigenvalue weighted by molar-refractivity contribution is 5.90. The lowest BCUT2D eigenvalue weighted by Gasteiger charge is -2.32. The molecular formula is C16H31N3O2. The van der Waals surface area contributed by atoms with Gasteiger partial charge >= 0.3 is 0 Å². The molecule has 1 atom stereocenters. The van der Waals surface area contributed by atoms with Gasteiger partial charge in [0.2, 0.25) is 11.8 Å². The van der Waals surface area contributed by atoms with Crippen molar-refractivity contribution in [1.29, 1.82) is 0 Å². The first-order valence-corrected chi connectivity index (χ1v) is 8.30. The van der Waals surface area contributed by atoms with Crippen LogP contribution in [0.25, 0.3) is 0 Å². The molecule has 0 aromatic rings. The van der Waals surface area contributed by atoms with Crippen molar-refractivity contribution < 1.29 is 9.59 Å². The molecule has 21 heavy (non-hydrogen) atoms. The van der Waals surface area contributed by atoms with E-state index in [1.165, 1.54) is 12.8 Å². The second-order valence-corrected chi connectivity index (χ2v) is 6.10. The van der Waals surface area contributed by atoms with Crippen molar-refractivity contribution in [3.8, 4) is 0 Å². The maximum atomic E-state index is 12.7. The van der Waals surface area contributed by atoms with E-state index in [0.717, 1.165) is 25.7 Å². The molecule has 0 saturated heterocycles. The zero-order chi connectivity index (χ0) is 15.9. The number of rotatable bonds is 6. The molecule has 5 heteroatoms. The smallest absolute Gasteiger partial charge is 0.244 e. The minimum Gasteiger partial charge on any atom is -0.344 e. The predicted octanol–water partition coefficient (Wildman–Crippen LogP) is 1.66. The minimum absolute atomic E-state index is 0.0193. The third-order valence-electron chi connectivity index (χ3n) is 4.73. The number of carbonyl (C=O) groups excluding carboxylic acids is 2. The van der Waals surface area contributed by atoms with E-state index in [0.29, 0.717) is 19.6 Å². The van der Waals surface area contributed by atoms with Crippen LogP contribution in [0.1, 0.15) is 59.3 Å². The van der Waals surface area contributed by atoms with Gasteiger partial charge in [-0.1, -0.05) is 25.7 Å². The quantitative estimate of drug-likeness (QED) is 0.732. The molecule has 0 radical (unpaired) electrons. The third-order valence-corrected chi connectivity index (χ3v) is 4.73. The van der Waals surface area contributed by atoms with Crippen molar-refractivity contribution in [2.24, 2.45) is 11.1 Å². The summed E-state index contributed by atoms with van der Waals surface area (Å²) in [5.74, 6) is -0.0611. The zero-order valence-corrected chi connectivity index (χ0v) is 13.8. The number of nitrogens with one attached hydrogen (secondary N) is 1. The second-order valence-electron chi connectivity index (χ2n) is 6.10. The fourth-order valence-corrected chi connectivity index (χ4v) is 3.15. The van der Waals surface area contributed by atoms with Crippen LogP contribution in [0.15, 0.2) is 0 Å². The summed E-state index contributed by atoms with van der Waals surface area (Å²) in [7, 11) is 0. The molecule has 3 N–H and O–H groups in total. The summed E-state index contributed by atoms with van der Waals surface area (Å²) in [5.41, 5.74) is 5.44. The van der Waals surface area contributed by atoms with Gasteiger partial charge in [0.1, 0.15) is 6.04 Å². The van der Waals surface area contributed by atoms with Crippen molar-refractivity contribution in [2.45, 2.75) is 65.3 Å². The highest BCUT2D eigenvalue weighted by Gasteiger charge is 2.38. The number of nitrogens with two attached hydrogens (primary N) is 1. The Morgan fingerprint density at radius 2 is 1.67 bits per heavy atom. The van der Waals surface area contributed by atoms with Gasteiger partial charge in [0.05, 0.1) is 5.41 Å². The van der Waals surface area contributed by atoms with Crippen molar-refractivity contribution >= 4 is 11.8 Å². The molecule has 1 aliphatic rings. The molecule has 0 spiro atoms. The van der Waals surface area contributed by atoms with Gasteiger partial charge in [0.15, 0.2) is 0 Å². The molecule has 5 nitrogen and oxygen atoms in total. The van der Waals surface area contributed by atoms with E-state index in [1.807, 2.05) is 13.8 Å². The highest BCUT2D eigenvalue weighted by Crippen LogP contribution is 2.34. The Hall–Kier alpha value is -1.10. The van der Waals surface area contributed by atoms with Crippen LogP contribution in [0, 0.1) is 5.41 Å². The average Bonchev–Trinajstić information content (AvgIpc) is 2.74. The topological polar surface area (TPSA) is 75.4 Å².